The molecule has 3 heterocycles. The molecule has 0 radical (unpaired) electrons. The quantitative estimate of drug-likeness (QED) is 0.904. The summed E-state index contributed by atoms with van der Waals surface area (Å²) in [6.07, 6.45) is 3.66. The highest BCUT2D eigenvalue weighted by Crippen LogP contribution is 2.16. The maximum Gasteiger partial charge on any atom is 0.271 e. The molecule has 0 unspecified atom stereocenters. The minimum Gasteiger partial charge on any atom is -0.355 e. The van der Waals surface area contributed by atoms with E-state index in [0.29, 0.717) is 18.8 Å². The maximum absolute atomic E-state index is 12.2. The SMILES string of the molecule is Cc1cc(C)n(CCNC(=O)c2ccc(N3CCCCC3)nn2)n1. The second kappa shape index (κ2) is 7.42. The van der Waals surface area contributed by atoms with E-state index in [1.165, 1.54) is 19.3 Å². The second-order valence-corrected chi connectivity index (χ2v) is 6.23. The zero-order valence-corrected chi connectivity index (χ0v) is 14.3. The first-order valence-corrected chi connectivity index (χ1v) is 8.51. The van der Waals surface area contributed by atoms with Gasteiger partial charge in [-0.25, -0.2) is 0 Å². The fourth-order valence-corrected chi connectivity index (χ4v) is 3.01. The number of aromatic nitrogens is 4. The molecule has 0 aliphatic carbocycles. The molecule has 1 aliphatic heterocycles. The van der Waals surface area contributed by atoms with Gasteiger partial charge in [0.2, 0.25) is 0 Å². The molecule has 1 aliphatic rings. The largest absolute Gasteiger partial charge is 0.355 e. The van der Waals surface area contributed by atoms with Gasteiger partial charge in [-0.05, 0) is 51.3 Å². The van der Waals surface area contributed by atoms with Crippen LogP contribution in [0.3, 0.4) is 0 Å². The maximum atomic E-state index is 12.2. The highest BCUT2D eigenvalue weighted by Gasteiger charge is 2.14. The third kappa shape index (κ3) is 3.90. The van der Waals surface area contributed by atoms with Crippen LogP contribution in [0.15, 0.2) is 18.2 Å². The summed E-state index contributed by atoms with van der Waals surface area (Å²) in [7, 11) is 0. The van der Waals surface area contributed by atoms with E-state index in [1.54, 1.807) is 6.07 Å². The van der Waals surface area contributed by atoms with Crippen molar-refractivity contribution in [2.75, 3.05) is 24.5 Å². The Morgan fingerprint density at radius 3 is 2.58 bits per heavy atom. The highest BCUT2D eigenvalue weighted by molar-refractivity contribution is 5.92. The van der Waals surface area contributed by atoms with E-state index in [9.17, 15) is 4.79 Å². The summed E-state index contributed by atoms with van der Waals surface area (Å²) < 4.78 is 1.89. The van der Waals surface area contributed by atoms with Gasteiger partial charge >= 0.3 is 0 Å². The lowest BCUT2D eigenvalue weighted by Crippen LogP contribution is -2.31. The van der Waals surface area contributed by atoms with E-state index >= 15 is 0 Å². The van der Waals surface area contributed by atoms with Crippen LogP contribution in [0, 0.1) is 13.8 Å². The zero-order valence-electron chi connectivity index (χ0n) is 14.3. The minimum atomic E-state index is -0.200. The Hall–Kier alpha value is -2.44. The Kier molecular flexibility index (Phi) is 5.08. The highest BCUT2D eigenvalue weighted by atomic mass is 16.1. The fraction of sp³-hybridized carbons (Fsp3) is 0.529. The second-order valence-electron chi connectivity index (χ2n) is 6.23. The van der Waals surface area contributed by atoms with E-state index in [2.05, 4.69) is 25.5 Å². The number of piperidine rings is 1. The summed E-state index contributed by atoms with van der Waals surface area (Å²) in [6.45, 7) is 7.15. The van der Waals surface area contributed by atoms with Crippen molar-refractivity contribution in [3.63, 3.8) is 0 Å². The van der Waals surface area contributed by atoms with Gasteiger partial charge in [-0.3, -0.25) is 9.48 Å². The van der Waals surface area contributed by atoms with Crippen molar-refractivity contribution < 1.29 is 4.79 Å². The van der Waals surface area contributed by atoms with E-state index in [4.69, 9.17) is 0 Å². The third-order valence-electron chi connectivity index (χ3n) is 4.28. The van der Waals surface area contributed by atoms with Crippen molar-refractivity contribution in [2.45, 2.75) is 39.7 Å². The number of nitrogens with zero attached hydrogens (tertiary/aromatic N) is 5. The molecule has 1 amide bonds. The van der Waals surface area contributed by atoms with Gasteiger partial charge < -0.3 is 10.2 Å². The average Bonchev–Trinajstić information content (AvgIpc) is 2.93. The molecule has 0 bridgehead atoms. The smallest absolute Gasteiger partial charge is 0.271 e. The monoisotopic (exact) mass is 328 g/mol. The molecular formula is C17H24N6O. The van der Waals surface area contributed by atoms with E-state index in [0.717, 1.165) is 30.3 Å². The summed E-state index contributed by atoms with van der Waals surface area (Å²) in [5, 5.41) is 15.5. The Morgan fingerprint density at radius 1 is 1.17 bits per heavy atom. The first kappa shape index (κ1) is 16.4. The Balaban J connectivity index is 1.52. The molecule has 2 aromatic rings. The van der Waals surface area contributed by atoms with Crippen LogP contribution in [0.2, 0.25) is 0 Å². The fourth-order valence-electron chi connectivity index (χ4n) is 3.01. The molecule has 1 N–H and O–H groups in total. The third-order valence-corrected chi connectivity index (χ3v) is 4.28. The molecule has 0 atom stereocenters. The summed E-state index contributed by atoms with van der Waals surface area (Å²) in [5.74, 6) is 0.656. The topological polar surface area (TPSA) is 75.9 Å². The summed E-state index contributed by atoms with van der Waals surface area (Å²) in [4.78, 5) is 14.4. The van der Waals surface area contributed by atoms with Crippen molar-refractivity contribution in [3.05, 3.63) is 35.3 Å². The lowest BCUT2D eigenvalue weighted by Gasteiger charge is -2.27. The van der Waals surface area contributed by atoms with Crippen molar-refractivity contribution in [1.29, 1.82) is 0 Å². The molecule has 1 fully saturated rings. The minimum absolute atomic E-state index is 0.200. The number of anilines is 1. The van der Waals surface area contributed by atoms with Gasteiger partial charge in [-0.15, -0.1) is 10.2 Å². The molecule has 7 heteroatoms. The molecule has 0 spiro atoms. The first-order chi connectivity index (χ1) is 11.6. The molecule has 3 rings (SSSR count). The van der Waals surface area contributed by atoms with Crippen molar-refractivity contribution in [1.82, 2.24) is 25.3 Å². The number of aryl methyl sites for hydroxylation is 2. The Bertz CT molecular complexity index is 688. The number of rotatable bonds is 5. The predicted octanol–water partition coefficient (Wildman–Crippen LogP) is 1.71. The lowest BCUT2D eigenvalue weighted by atomic mass is 10.1. The molecule has 0 aromatic carbocycles. The van der Waals surface area contributed by atoms with E-state index in [1.807, 2.05) is 30.7 Å². The van der Waals surface area contributed by atoms with Crippen LogP contribution < -0.4 is 10.2 Å². The predicted molar refractivity (Wildman–Crippen MR) is 92.1 cm³/mol. The summed E-state index contributed by atoms with van der Waals surface area (Å²) in [5.41, 5.74) is 2.43. The van der Waals surface area contributed by atoms with Gasteiger partial charge in [0.15, 0.2) is 11.5 Å². The van der Waals surface area contributed by atoms with Gasteiger partial charge in [0, 0.05) is 25.3 Å². The number of carbonyl (C=O) groups excluding carboxylic acids is 1. The number of nitrogens with one attached hydrogen (secondary N) is 1. The number of amides is 1. The molecule has 24 heavy (non-hydrogen) atoms. The van der Waals surface area contributed by atoms with Crippen LogP contribution in [0.4, 0.5) is 5.82 Å². The normalized spacial score (nSPS) is 14.7. The molecule has 0 saturated carbocycles. The number of hydrogen-bond donors (Lipinski definition) is 1. The van der Waals surface area contributed by atoms with E-state index in [-0.39, 0.29) is 5.91 Å². The van der Waals surface area contributed by atoms with Crippen LogP contribution in [-0.2, 0) is 6.54 Å². The van der Waals surface area contributed by atoms with Crippen LogP contribution in [-0.4, -0.2) is 45.5 Å². The summed E-state index contributed by atoms with van der Waals surface area (Å²) >= 11 is 0. The Morgan fingerprint density at radius 2 is 1.96 bits per heavy atom. The zero-order chi connectivity index (χ0) is 16.9. The van der Waals surface area contributed by atoms with Gasteiger partial charge in [0.1, 0.15) is 0 Å². The van der Waals surface area contributed by atoms with Gasteiger partial charge in [0.25, 0.3) is 5.91 Å². The summed E-state index contributed by atoms with van der Waals surface area (Å²) in [6, 6.07) is 5.65. The molecular weight excluding hydrogens is 304 g/mol. The molecule has 1 saturated heterocycles. The van der Waals surface area contributed by atoms with E-state index < -0.39 is 0 Å². The molecule has 7 nitrogen and oxygen atoms in total. The van der Waals surface area contributed by atoms with Crippen LogP contribution in [0.25, 0.3) is 0 Å². The lowest BCUT2D eigenvalue weighted by molar-refractivity contribution is 0.0946. The first-order valence-electron chi connectivity index (χ1n) is 8.51. The van der Waals surface area contributed by atoms with Crippen LogP contribution in [0.5, 0.6) is 0 Å². The number of carbonyl (C=O) groups is 1. The van der Waals surface area contributed by atoms with Crippen molar-refractivity contribution >= 4 is 11.7 Å². The van der Waals surface area contributed by atoms with Crippen LogP contribution >= 0.6 is 0 Å². The molecule has 2 aromatic heterocycles. The number of hydrogen-bond acceptors (Lipinski definition) is 5. The van der Waals surface area contributed by atoms with Crippen molar-refractivity contribution in [2.24, 2.45) is 0 Å². The molecule has 128 valence electrons. The average molecular weight is 328 g/mol. The van der Waals surface area contributed by atoms with Gasteiger partial charge in [-0.2, -0.15) is 5.10 Å². The van der Waals surface area contributed by atoms with Crippen molar-refractivity contribution in [3.8, 4) is 0 Å². The van der Waals surface area contributed by atoms with Gasteiger partial charge in [0.05, 0.1) is 12.2 Å². The van der Waals surface area contributed by atoms with Crippen LogP contribution in [0.1, 0.15) is 41.1 Å². The Labute approximate surface area is 142 Å². The standard InChI is InChI=1S/C17H24N6O/c1-13-12-14(2)23(21-13)11-8-18-17(24)15-6-7-16(20-19-15)22-9-4-3-5-10-22/h6-7,12H,3-5,8-11H2,1-2H3,(H,18,24). The van der Waals surface area contributed by atoms with Gasteiger partial charge in [-0.1, -0.05) is 0 Å².